The molecule has 3 N–H and O–H groups in total. The van der Waals surface area contributed by atoms with E-state index in [9.17, 15) is 13.2 Å². The normalized spacial score (nSPS) is 16.9. The van der Waals surface area contributed by atoms with Gasteiger partial charge in [0.25, 0.3) is 0 Å². The van der Waals surface area contributed by atoms with Gasteiger partial charge in [-0.25, -0.2) is 17.9 Å². The molecule has 1 fully saturated rings. The van der Waals surface area contributed by atoms with Crippen molar-refractivity contribution in [2.24, 2.45) is 0 Å². The minimum Gasteiger partial charge on any atom is -0.478 e. The summed E-state index contributed by atoms with van der Waals surface area (Å²) in [5.74, 6) is -1.16. The van der Waals surface area contributed by atoms with Crippen molar-refractivity contribution in [3.8, 4) is 0 Å². The van der Waals surface area contributed by atoms with Crippen molar-refractivity contribution in [1.82, 2.24) is 4.72 Å². The number of methoxy groups -OCH3 is 1. The number of carbonyl (C=O) groups is 1. The predicted octanol–water partition coefficient (Wildman–Crippen LogP) is 2.05. The van der Waals surface area contributed by atoms with Gasteiger partial charge in [-0.15, -0.1) is 0 Å². The molecule has 1 saturated carbocycles. The fourth-order valence-electron chi connectivity index (χ4n) is 2.88. The van der Waals surface area contributed by atoms with E-state index in [2.05, 4.69) is 10.0 Å². The van der Waals surface area contributed by atoms with Crippen molar-refractivity contribution < 1.29 is 23.1 Å². The van der Waals surface area contributed by atoms with E-state index in [1.54, 1.807) is 7.11 Å². The molecule has 0 heterocycles. The summed E-state index contributed by atoms with van der Waals surface area (Å²) < 4.78 is 33.2. The summed E-state index contributed by atoms with van der Waals surface area (Å²) in [6.45, 7) is 2.26. The molecule has 0 saturated heterocycles. The number of rotatable bonds is 8. The molecule has 0 amide bonds. The van der Waals surface area contributed by atoms with Gasteiger partial charge in [-0.3, -0.25) is 0 Å². The van der Waals surface area contributed by atoms with Crippen molar-refractivity contribution in [2.45, 2.75) is 49.6 Å². The van der Waals surface area contributed by atoms with Gasteiger partial charge in [0.2, 0.25) is 10.0 Å². The standard InChI is InChI=1S/C16H24N2O5S/c1-11(10-23-2)17-14-8-7-12(16(19)20)9-15(14)24(21,22)18-13-5-3-4-6-13/h7-9,11,13,17-18H,3-6,10H2,1-2H3,(H,19,20)/t11-/m1/s1. The highest BCUT2D eigenvalue weighted by Crippen LogP contribution is 2.26. The molecule has 0 aliphatic heterocycles. The highest BCUT2D eigenvalue weighted by Gasteiger charge is 2.26. The highest BCUT2D eigenvalue weighted by atomic mass is 32.2. The molecule has 1 aromatic carbocycles. The summed E-state index contributed by atoms with van der Waals surface area (Å²) in [7, 11) is -2.25. The molecular weight excluding hydrogens is 332 g/mol. The van der Waals surface area contributed by atoms with Crippen LogP contribution in [0.3, 0.4) is 0 Å². The Morgan fingerprint density at radius 1 is 1.38 bits per heavy atom. The second-order valence-electron chi connectivity index (χ2n) is 6.12. The van der Waals surface area contributed by atoms with Crippen LogP contribution in [0.4, 0.5) is 5.69 Å². The summed E-state index contributed by atoms with van der Waals surface area (Å²) in [4.78, 5) is 11.2. The Bertz CT molecular complexity index is 684. The number of anilines is 1. The van der Waals surface area contributed by atoms with Crippen molar-refractivity contribution in [3.63, 3.8) is 0 Å². The van der Waals surface area contributed by atoms with Crippen LogP contribution in [-0.2, 0) is 14.8 Å². The van der Waals surface area contributed by atoms with Gasteiger partial charge in [-0.05, 0) is 38.0 Å². The Labute approximate surface area is 142 Å². The second-order valence-corrected chi connectivity index (χ2v) is 7.80. The van der Waals surface area contributed by atoms with Crippen LogP contribution in [0.2, 0.25) is 0 Å². The Morgan fingerprint density at radius 2 is 2.04 bits per heavy atom. The SMILES string of the molecule is COC[C@@H](C)Nc1ccc(C(=O)O)cc1S(=O)(=O)NC1CCCC1. The van der Waals surface area contributed by atoms with E-state index in [0.29, 0.717) is 12.3 Å². The molecule has 1 atom stereocenters. The first kappa shape index (κ1) is 18.7. The van der Waals surface area contributed by atoms with Crippen LogP contribution in [0.5, 0.6) is 0 Å². The third-order valence-electron chi connectivity index (χ3n) is 4.01. The van der Waals surface area contributed by atoms with E-state index >= 15 is 0 Å². The molecule has 134 valence electrons. The molecule has 0 unspecified atom stereocenters. The van der Waals surface area contributed by atoms with Crippen molar-refractivity contribution >= 4 is 21.7 Å². The van der Waals surface area contributed by atoms with Gasteiger partial charge in [0.05, 0.1) is 17.9 Å². The number of aromatic carboxylic acids is 1. The zero-order chi connectivity index (χ0) is 17.7. The number of ether oxygens (including phenoxy) is 1. The largest absolute Gasteiger partial charge is 0.478 e. The van der Waals surface area contributed by atoms with Crippen LogP contribution >= 0.6 is 0 Å². The van der Waals surface area contributed by atoms with Gasteiger partial charge < -0.3 is 15.2 Å². The number of carboxylic acid groups (broad SMARTS) is 1. The average Bonchev–Trinajstić information content (AvgIpc) is 2.99. The minimum atomic E-state index is -3.81. The van der Waals surface area contributed by atoms with Crippen LogP contribution in [0.25, 0.3) is 0 Å². The number of hydrogen-bond donors (Lipinski definition) is 3. The lowest BCUT2D eigenvalue weighted by atomic mass is 10.2. The van der Waals surface area contributed by atoms with Gasteiger partial charge in [-0.1, -0.05) is 12.8 Å². The maximum absolute atomic E-state index is 12.7. The Morgan fingerprint density at radius 3 is 2.62 bits per heavy atom. The van der Waals surface area contributed by atoms with Gasteiger partial charge in [0.1, 0.15) is 4.90 Å². The minimum absolute atomic E-state index is 0.0442. The number of hydrogen-bond acceptors (Lipinski definition) is 5. The van der Waals surface area contributed by atoms with Crippen LogP contribution < -0.4 is 10.0 Å². The first-order chi connectivity index (χ1) is 11.3. The first-order valence-electron chi connectivity index (χ1n) is 7.98. The molecule has 2 rings (SSSR count). The number of sulfonamides is 1. The summed E-state index contributed by atoms with van der Waals surface area (Å²) in [6.07, 6.45) is 3.61. The Hall–Kier alpha value is -1.64. The Balaban J connectivity index is 2.35. The van der Waals surface area contributed by atoms with Crippen LogP contribution in [0.15, 0.2) is 23.1 Å². The van der Waals surface area contributed by atoms with Crippen molar-refractivity contribution in [1.29, 1.82) is 0 Å². The smallest absolute Gasteiger partial charge is 0.335 e. The molecule has 1 aromatic rings. The van der Waals surface area contributed by atoms with Crippen LogP contribution in [-0.4, -0.2) is 45.3 Å². The zero-order valence-electron chi connectivity index (χ0n) is 13.9. The molecule has 1 aliphatic carbocycles. The summed E-state index contributed by atoms with van der Waals surface area (Å²) in [5.41, 5.74) is 0.307. The maximum atomic E-state index is 12.7. The molecule has 1 aliphatic rings. The van der Waals surface area contributed by atoms with Gasteiger partial charge in [-0.2, -0.15) is 0 Å². The summed E-state index contributed by atoms with van der Waals surface area (Å²) >= 11 is 0. The Kier molecular flexibility index (Phi) is 6.20. The first-order valence-corrected chi connectivity index (χ1v) is 9.47. The van der Waals surface area contributed by atoms with E-state index in [4.69, 9.17) is 9.84 Å². The van der Waals surface area contributed by atoms with Crippen LogP contribution in [0.1, 0.15) is 43.0 Å². The fraction of sp³-hybridized carbons (Fsp3) is 0.562. The topological polar surface area (TPSA) is 105 Å². The molecule has 0 bridgehead atoms. The predicted molar refractivity (Wildman–Crippen MR) is 90.9 cm³/mol. The molecule has 8 heteroatoms. The lowest BCUT2D eigenvalue weighted by molar-refractivity contribution is 0.0696. The highest BCUT2D eigenvalue weighted by molar-refractivity contribution is 7.89. The quantitative estimate of drug-likeness (QED) is 0.658. The molecule has 0 aromatic heterocycles. The van der Waals surface area contributed by atoms with Gasteiger partial charge in [0, 0.05) is 19.2 Å². The molecular formula is C16H24N2O5S. The lowest BCUT2D eigenvalue weighted by Gasteiger charge is -2.19. The molecule has 7 nitrogen and oxygen atoms in total. The van der Waals surface area contributed by atoms with Crippen molar-refractivity contribution in [3.05, 3.63) is 23.8 Å². The summed E-state index contributed by atoms with van der Waals surface area (Å²) in [5, 5.41) is 12.2. The lowest BCUT2D eigenvalue weighted by Crippen LogP contribution is -2.33. The second kappa shape index (κ2) is 7.96. The van der Waals surface area contributed by atoms with Crippen molar-refractivity contribution in [2.75, 3.05) is 19.0 Å². The molecule has 24 heavy (non-hydrogen) atoms. The van der Waals surface area contributed by atoms with E-state index in [1.807, 2.05) is 6.92 Å². The third kappa shape index (κ3) is 4.68. The van der Waals surface area contributed by atoms with E-state index in [0.717, 1.165) is 25.7 Å². The van der Waals surface area contributed by atoms with E-state index < -0.39 is 16.0 Å². The van der Waals surface area contributed by atoms with Gasteiger partial charge >= 0.3 is 5.97 Å². The number of benzene rings is 1. The zero-order valence-corrected chi connectivity index (χ0v) is 14.7. The molecule has 0 spiro atoms. The summed E-state index contributed by atoms with van der Waals surface area (Å²) in [6, 6.07) is 3.86. The number of carboxylic acids is 1. The van der Waals surface area contributed by atoms with Gasteiger partial charge in [0.15, 0.2) is 0 Å². The third-order valence-corrected chi connectivity index (χ3v) is 5.57. The maximum Gasteiger partial charge on any atom is 0.335 e. The monoisotopic (exact) mass is 356 g/mol. The molecule has 0 radical (unpaired) electrons. The fourth-order valence-corrected chi connectivity index (χ4v) is 4.38. The van der Waals surface area contributed by atoms with Crippen LogP contribution in [0, 0.1) is 0 Å². The van der Waals surface area contributed by atoms with E-state index in [1.165, 1.54) is 18.2 Å². The van der Waals surface area contributed by atoms with E-state index in [-0.39, 0.29) is 22.5 Å². The number of nitrogens with one attached hydrogen (secondary N) is 2. The average molecular weight is 356 g/mol.